The van der Waals surface area contributed by atoms with Gasteiger partial charge in [-0.2, -0.15) is 0 Å². The van der Waals surface area contributed by atoms with E-state index in [9.17, 15) is 14.4 Å². The molecule has 0 fully saturated rings. The molecule has 0 bridgehead atoms. The Morgan fingerprint density at radius 1 is 1.44 bits per heavy atom. The summed E-state index contributed by atoms with van der Waals surface area (Å²) in [5.41, 5.74) is 0. The maximum atomic E-state index is 11.2. The van der Waals surface area contributed by atoms with Crippen molar-refractivity contribution in [3.8, 4) is 0 Å². The van der Waals surface area contributed by atoms with Gasteiger partial charge in [0.1, 0.15) is 6.04 Å². The zero-order chi connectivity index (χ0) is 12.4. The second-order valence-corrected chi connectivity index (χ2v) is 3.42. The molecule has 0 heterocycles. The fourth-order valence-corrected chi connectivity index (χ4v) is 1.13. The highest BCUT2D eigenvalue weighted by Crippen LogP contribution is 1.97. The van der Waals surface area contributed by atoms with Crippen LogP contribution in [0.1, 0.15) is 32.6 Å². The summed E-state index contributed by atoms with van der Waals surface area (Å²) in [6, 6.07) is -0.991. The number of hydrogen-bond acceptors (Lipinski definition) is 3. The van der Waals surface area contributed by atoms with Gasteiger partial charge in [0.05, 0.1) is 0 Å². The minimum absolute atomic E-state index is 0.0987. The monoisotopic (exact) mass is 230 g/mol. The molecule has 0 aliphatic rings. The number of carboxylic acids is 1. The fourth-order valence-electron chi connectivity index (χ4n) is 1.13. The number of rotatable bonds is 9. The SMILES string of the molecule is CCCCNC(=O)CC[C@H](NC=O)C(=O)O. The molecule has 0 aliphatic carbocycles. The maximum Gasteiger partial charge on any atom is 0.326 e. The summed E-state index contributed by atoms with van der Waals surface area (Å²) in [6.45, 7) is 2.62. The van der Waals surface area contributed by atoms with Gasteiger partial charge in [0.2, 0.25) is 12.3 Å². The lowest BCUT2D eigenvalue weighted by Gasteiger charge is -2.10. The van der Waals surface area contributed by atoms with Crippen LogP contribution < -0.4 is 10.6 Å². The second-order valence-electron chi connectivity index (χ2n) is 3.42. The van der Waals surface area contributed by atoms with Gasteiger partial charge in [-0.25, -0.2) is 4.79 Å². The summed E-state index contributed by atoms with van der Waals surface area (Å²) in [7, 11) is 0. The molecule has 0 aliphatic heterocycles. The van der Waals surface area contributed by atoms with Crippen LogP contribution in [0.3, 0.4) is 0 Å². The third kappa shape index (κ3) is 6.80. The van der Waals surface area contributed by atoms with Gasteiger partial charge in [0.25, 0.3) is 0 Å². The zero-order valence-corrected chi connectivity index (χ0v) is 9.36. The predicted molar refractivity (Wildman–Crippen MR) is 57.8 cm³/mol. The number of amides is 2. The normalized spacial score (nSPS) is 11.6. The third-order valence-electron chi connectivity index (χ3n) is 2.08. The molecule has 0 saturated heterocycles. The molecule has 0 aromatic carbocycles. The molecule has 2 amide bonds. The van der Waals surface area contributed by atoms with E-state index in [2.05, 4.69) is 10.6 Å². The van der Waals surface area contributed by atoms with Crippen molar-refractivity contribution in [2.45, 2.75) is 38.6 Å². The van der Waals surface area contributed by atoms with Gasteiger partial charge in [-0.05, 0) is 12.8 Å². The van der Waals surface area contributed by atoms with Crippen LogP contribution in [0, 0.1) is 0 Å². The average molecular weight is 230 g/mol. The molecule has 6 nitrogen and oxygen atoms in total. The van der Waals surface area contributed by atoms with Gasteiger partial charge in [-0.15, -0.1) is 0 Å². The number of nitrogens with one attached hydrogen (secondary N) is 2. The average Bonchev–Trinajstić information content (AvgIpc) is 2.24. The van der Waals surface area contributed by atoms with Crippen molar-refractivity contribution in [2.75, 3.05) is 6.54 Å². The number of carboxylic acid groups (broad SMARTS) is 1. The number of aliphatic carboxylic acids is 1. The van der Waals surface area contributed by atoms with Crippen molar-refractivity contribution < 1.29 is 19.5 Å². The first-order valence-corrected chi connectivity index (χ1v) is 5.31. The summed E-state index contributed by atoms with van der Waals surface area (Å²) in [5.74, 6) is -1.32. The Labute approximate surface area is 94.4 Å². The molecular weight excluding hydrogens is 212 g/mol. The Morgan fingerprint density at radius 2 is 2.12 bits per heavy atom. The lowest BCUT2D eigenvalue weighted by molar-refractivity contribution is -0.140. The van der Waals surface area contributed by atoms with E-state index in [1.165, 1.54) is 0 Å². The molecule has 3 N–H and O–H groups in total. The predicted octanol–water partition coefficient (Wildman–Crippen LogP) is -0.118. The molecule has 0 aromatic rings. The quantitative estimate of drug-likeness (QED) is 0.380. The van der Waals surface area contributed by atoms with E-state index < -0.39 is 12.0 Å². The Hall–Kier alpha value is -1.59. The lowest BCUT2D eigenvalue weighted by atomic mass is 10.1. The van der Waals surface area contributed by atoms with Crippen molar-refractivity contribution in [2.24, 2.45) is 0 Å². The standard InChI is InChI=1S/C10H18N2O4/c1-2-3-6-11-9(14)5-4-8(10(15)16)12-7-13/h7-8H,2-6H2,1H3,(H,11,14)(H,12,13)(H,15,16)/t8-/m0/s1. The first kappa shape index (κ1) is 14.4. The fraction of sp³-hybridized carbons (Fsp3) is 0.700. The van der Waals surface area contributed by atoms with Crippen LogP contribution in [0.15, 0.2) is 0 Å². The van der Waals surface area contributed by atoms with Crippen LogP contribution in [0.4, 0.5) is 0 Å². The maximum absolute atomic E-state index is 11.2. The summed E-state index contributed by atoms with van der Waals surface area (Å²) in [6.07, 6.45) is 2.42. The Kier molecular flexibility index (Phi) is 7.83. The lowest BCUT2D eigenvalue weighted by Crippen LogP contribution is -2.37. The van der Waals surface area contributed by atoms with Crippen LogP contribution in [-0.4, -0.2) is 36.0 Å². The van der Waals surface area contributed by atoms with Crippen molar-refractivity contribution >= 4 is 18.3 Å². The Balaban J connectivity index is 3.78. The molecule has 0 spiro atoms. The molecular formula is C10H18N2O4. The topological polar surface area (TPSA) is 95.5 Å². The van der Waals surface area contributed by atoms with E-state index in [-0.39, 0.29) is 18.7 Å². The van der Waals surface area contributed by atoms with E-state index in [4.69, 9.17) is 5.11 Å². The van der Waals surface area contributed by atoms with Crippen molar-refractivity contribution in [1.82, 2.24) is 10.6 Å². The van der Waals surface area contributed by atoms with Gasteiger partial charge >= 0.3 is 5.97 Å². The summed E-state index contributed by atoms with van der Waals surface area (Å²) in [5, 5.41) is 13.5. The molecule has 0 radical (unpaired) electrons. The van der Waals surface area contributed by atoms with Gasteiger partial charge in [-0.3, -0.25) is 9.59 Å². The van der Waals surface area contributed by atoms with E-state index >= 15 is 0 Å². The molecule has 92 valence electrons. The molecule has 0 rings (SSSR count). The highest BCUT2D eigenvalue weighted by Gasteiger charge is 2.17. The van der Waals surface area contributed by atoms with Gasteiger partial charge in [0, 0.05) is 13.0 Å². The van der Waals surface area contributed by atoms with E-state index in [0.717, 1.165) is 12.8 Å². The van der Waals surface area contributed by atoms with Gasteiger partial charge in [0.15, 0.2) is 0 Å². The molecule has 0 saturated carbocycles. The number of carbonyl (C=O) groups is 3. The number of unbranched alkanes of at least 4 members (excludes halogenated alkanes) is 1. The first-order valence-electron chi connectivity index (χ1n) is 5.31. The first-order chi connectivity index (χ1) is 7.61. The number of hydrogen-bond donors (Lipinski definition) is 3. The minimum Gasteiger partial charge on any atom is -0.480 e. The van der Waals surface area contributed by atoms with Crippen molar-refractivity contribution in [3.05, 3.63) is 0 Å². The highest BCUT2D eigenvalue weighted by atomic mass is 16.4. The van der Waals surface area contributed by atoms with Crippen LogP contribution in [0.25, 0.3) is 0 Å². The smallest absolute Gasteiger partial charge is 0.326 e. The molecule has 16 heavy (non-hydrogen) atoms. The van der Waals surface area contributed by atoms with Crippen molar-refractivity contribution in [1.29, 1.82) is 0 Å². The molecule has 0 unspecified atom stereocenters. The van der Waals surface area contributed by atoms with Crippen LogP contribution in [0.5, 0.6) is 0 Å². The van der Waals surface area contributed by atoms with Crippen LogP contribution >= 0.6 is 0 Å². The molecule has 0 aromatic heterocycles. The van der Waals surface area contributed by atoms with E-state index in [0.29, 0.717) is 13.0 Å². The van der Waals surface area contributed by atoms with E-state index in [1.807, 2.05) is 6.92 Å². The largest absolute Gasteiger partial charge is 0.480 e. The summed E-state index contributed by atoms with van der Waals surface area (Å²) < 4.78 is 0. The molecule has 6 heteroatoms. The summed E-state index contributed by atoms with van der Waals surface area (Å²) in [4.78, 5) is 31.9. The molecule has 1 atom stereocenters. The van der Waals surface area contributed by atoms with Crippen molar-refractivity contribution in [3.63, 3.8) is 0 Å². The number of carbonyl (C=O) groups excluding carboxylic acids is 2. The minimum atomic E-state index is -1.13. The van der Waals surface area contributed by atoms with Gasteiger partial charge in [-0.1, -0.05) is 13.3 Å². The van der Waals surface area contributed by atoms with E-state index in [1.54, 1.807) is 0 Å². The Morgan fingerprint density at radius 3 is 2.62 bits per heavy atom. The van der Waals surface area contributed by atoms with Crippen LogP contribution in [0.2, 0.25) is 0 Å². The second kappa shape index (κ2) is 8.70. The Bertz CT molecular complexity index is 243. The zero-order valence-electron chi connectivity index (χ0n) is 9.36. The summed E-state index contributed by atoms with van der Waals surface area (Å²) >= 11 is 0. The van der Waals surface area contributed by atoms with Crippen LogP contribution in [-0.2, 0) is 14.4 Å². The van der Waals surface area contributed by atoms with Gasteiger partial charge < -0.3 is 15.7 Å². The highest BCUT2D eigenvalue weighted by molar-refractivity contribution is 5.79. The third-order valence-corrected chi connectivity index (χ3v) is 2.08.